The maximum Gasteiger partial charge on any atom is 0.326 e. The molecule has 4 atom stereocenters. The Kier molecular flexibility index (Phi) is 7.19. The van der Waals surface area contributed by atoms with Crippen molar-refractivity contribution in [2.45, 2.75) is 63.8 Å². The van der Waals surface area contributed by atoms with Gasteiger partial charge in [0.2, 0.25) is 0 Å². The first kappa shape index (κ1) is 17.1. The number of rotatable bonds is 7. The summed E-state index contributed by atoms with van der Waals surface area (Å²) in [5, 5.41) is 15.3. The second-order valence-electron chi connectivity index (χ2n) is 5.41. The largest absolute Gasteiger partial charge is 0.480 e. The van der Waals surface area contributed by atoms with Crippen LogP contribution in [0.25, 0.3) is 0 Å². The Bertz CT molecular complexity index is 338. The molecule has 3 N–H and O–H groups in total. The van der Waals surface area contributed by atoms with Crippen LogP contribution < -0.4 is 10.6 Å². The average Bonchev–Trinajstić information content (AvgIpc) is 2.82. The Morgan fingerprint density at radius 1 is 1.35 bits per heavy atom. The number of hydrogen-bond donors (Lipinski definition) is 3. The zero-order valence-corrected chi connectivity index (χ0v) is 13.3. The fourth-order valence-electron chi connectivity index (χ4n) is 2.51. The van der Waals surface area contributed by atoms with Gasteiger partial charge in [-0.1, -0.05) is 27.2 Å². The summed E-state index contributed by atoms with van der Waals surface area (Å²) in [4.78, 5) is 23.1. The minimum Gasteiger partial charge on any atom is -0.480 e. The lowest BCUT2D eigenvalue weighted by molar-refractivity contribution is -0.140. The molecule has 5 nitrogen and oxygen atoms in total. The van der Waals surface area contributed by atoms with E-state index >= 15 is 0 Å². The van der Waals surface area contributed by atoms with Gasteiger partial charge in [0.15, 0.2) is 0 Å². The van der Waals surface area contributed by atoms with Gasteiger partial charge in [0, 0.05) is 11.3 Å². The lowest BCUT2D eigenvalue weighted by atomic mass is 9.99. The van der Waals surface area contributed by atoms with Crippen LogP contribution in [0.2, 0.25) is 0 Å². The van der Waals surface area contributed by atoms with Gasteiger partial charge >= 0.3 is 12.0 Å². The van der Waals surface area contributed by atoms with Crippen LogP contribution in [0.15, 0.2) is 0 Å². The van der Waals surface area contributed by atoms with E-state index in [1.165, 1.54) is 0 Å². The maximum absolute atomic E-state index is 11.9. The summed E-state index contributed by atoms with van der Waals surface area (Å²) in [6, 6.07) is -1.00. The van der Waals surface area contributed by atoms with Crippen molar-refractivity contribution in [2.75, 3.05) is 5.75 Å². The molecule has 0 bridgehead atoms. The highest BCUT2D eigenvalue weighted by molar-refractivity contribution is 7.99. The van der Waals surface area contributed by atoms with Gasteiger partial charge in [-0.3, -0.25) is 0 Å². The second kappa shape index (κ2) is 8.39. The van der Waals surface area contributed by atoms with Crippen LogP contribution in [0.5, 0.6) is 0 Å². The molecule has 0 radical (unpaired) electrons. The van der Waals surface area contributed by atoms with Crippen LogP contribution in [0.1, 0.15) is 46.5 Å². The molecule has 116 valence electrons. The topological polar surface area (TPSA) is 78.4 Å². The molecular formula is C14H26N2O3S. The molecule has 1 aliphatic rings. The Hall–Kier alpha value is -0.910. The minimum absolute atomic E-state index is 0.0785. The molecule has 1 saturated carbocycles. The summed E-state index contributed by atoms with van der Waals surface area (Å²) in [6.45, 7) is 5.90. The fraction of sp³-hybridized carbons (Fsp3) is 0.857. The first-order valence-corrected chi connectivity index (χ1v) is 8.44. The molecule has 1 fully saturated rings. The Morgan fingerprint density at radius 2 is 2.05 bits per heavy atom. The van der Waals surface area contributed by atoms with Crippen molar-refractivity contribution < 1.29 is 14.7 Å². The van der Waals surface area contributed by atoms with Crippen molar-refractivity contribution in [1.82, 2.24) is 10.6 Å². The number of carbonyl (C=O) groups excluding carboxylic acids is 1. The molecule has 0 aromatic rings. The molecule has 2 amide bonds. The number of urea groups is 1. The normalized spacial score (nSPS) is 24.9. The number of carbonyl (C=O) groups is 2. The van der Waals surface area contributed by atoms with Crippen LogP contribution in [0, 0.1) is 5.92 Å². The third-order valence-electron chi connectivity index (χ3n) is 3.89. The van der Waals surface area contributed by atoms with Crippen molar-refractivity contribution in [3.63, 3.8) is 0 Å². The van der Waals surface area contributed by atoms with Crippen molar-refractivity contribution in [3.05, 3.63) is 0 Å². The van der Waals surface area contributed by atoms with Crippen molar-refractivity contribution in [3.8, 4) is 0 Å². The summed E-state index contributed by atoms with van der Waals surface area (Å²) in [5.74, 6) is 0.0455. The standard InChI is InChI=1S/C14H26N2O3S/c1-4-9(3)12(13(17)18)16-14(19)15-10-6-7-11(8-10)20-5-2/h9-12H,4-8H2,1-3H3,(H,17,18)(H2,15,16,19)/t9?,10?,11?,12-/m0/s1. The molecule has 6 heteroatoms. The van der Waals surface area contributed by atoms with Crippen LogP contribution >= 0.6 is 11.8 Å². The molecule has 0 aromatic heterocycles. The molecule has 1 rings (SSSR count). The van der Waals surface area contributed by atoms with E-state index in [1.54, 1.807) is 0 Å². The van der Waals surface area contributed by atoms with Gasteiger partial charge in [-0.05, 0) is 30.9 Å². The first-order chi connectivity index (χ1) is 9.47. The molecule has 0 aromatic carbocycles. The Labute approximate surface area is 125 Å². The molecule has 0 saturated heterocycles. The molecule has 1 aliphatic carbocycles. The van der Waals surface area contributed by atoms with Gasteiger partial charge in [0.1, 0.15) is 6.04 Å². The number of thioether (sulfide) groups is 1. The van der Waals surface area contributed by atoms with Crippen LogP contribution in [0.4, 0.5) is 4.79 Å². The SMILES string of the molecule is CCSC1CCC(NC(=O)N[C@H](C(=O)O)C(C)CC)C1. The molecule has 20 heavy (non-hydrogen) atoms. The van der Waals surface area contributed by atoms with E-state index in [0.29, 0.717) is 5.25 Å². The zero-order chi connectivity index (χ0) is 15.1. The minimum atomic E-state index is -0.972. The van der Waals surface area contributed by atoms with Crippen molar-refractivity contribution >= 4 is 23.8 Å². The summed E-state index contributed by atoms with van der Waals surface area (Å²) < 4.78 is 0. The van der Waals surface area contributed by atoms with Gasteiger partial charge in [0.25, 0.3) is 0 Å². The van der Waals surface area contributed by atoms with Gasteiger partial charge in [-0.2, -0.15) is 11.8 Å². The van der Waals surface area contributed by atoms with E-state index in [4.69, 9.17) is 5.11 Å². The van der Waals surface area contributed by atoms with E-state index in [0.717, 1.165) is 31.4 Å². The van der Waals surface area contributed by atoms with Gasteiger partial charge in [-0.15, -0.1) is 0 Å². The van der Waals surface area contributed by atoms with E-state index < -0.39 is 12.0 Å². The van der Waals surface area contributed by atoms with Crippen molar-refractivity contribution in [2.24, 2.45) is 5.92 Å². The van der Waals surface area contributed by atoms with Gasteiger partial charge in [0.05, 0.1) is 0 Å². The van der Waals surface area contributed by atoms with Crippen LogP contribution in [-0.2, 0) is 4.79 Å². The maximum atomic E-state index is 11.9. The number of amides is 2. The lowest BCUT2D eigenvalue weighted by Gasteiger charge is -2.22. The summed E-state index contributed by atoms with van der Waals surface area (Å²) in [6.07, 6.45) is 3.80. The van der Waals surface area contributed by atoms with Crippen LogP contribution in [-0.4, -0.2) is 40.2 Å². The summed E-state index contributed by atoms with van der Waals surface area (Å²) in [7, 11) is 0. The highest BCUT2D eigenvalue weighted by atomic mass is 32.2. The first-order valence-electron chi connectivity index (χ1n) is 7.39. The van der Waals surface area contributed by atoms with E-state index in [2.05, 4.69) is 17.6 Å². The Balaban J connectivity index is 2.41. The number of hydrogen-bond acceptors (Lipinski definition) is 3. The Morgan fingerprint density at radius 3 is 2.60 bits per heavy atom. The third kappa shape index (κ3) is 5.23. The second-order valence-corrected chi connectivity index (χ2v) is 6.98. The highest BCUT2D eigenvalue weighted by Crippen LogP contribution is 2.29. The monoisotopic (exact) mass is 302 g/mol. The van der Waals surface area contributed by atoms with Crippen LogP contribution in [0.3, 0.4) is 0 Å². The van der Waals surface area contributed by atoms with E-state index in [9.17, 15) is 9.59 Å². The quantitative estimate of drug-likeness (QED) is 0.675. The molecule has 0 heterocycles. The smallest absolute Gasteiger partial charge is 0.326 e. The summed E-state index contributed by atoms with van der Waals surface area (Å²) in [5.41, 5.74) is 0. The number of aliphatic carboxylic acids is 1. The molecule has 0 spiro atoms. The van der Waals surface area contributed by atoms with E-state index in [1.807, 2.05) is 25.6 Å². The lowest BCUT2D eigenvalue weighted by Crippen LogP contribution is -2.51. The van der Waals surface area contributed by atoms with Gasteiger partial charge in [-0.25, -0.2) is 9.59 Å². The molecule has 0 aliphatic heterocycles. The predicted molar refractivity (Wildman–Crippen MR) is 82.1 cm³/mol. The number of nitrogens with one attached hydrogen (secondary N) is 2. The molecule has 3 unspecified atom stereocenters. The van der Waals surface area contributed by atoms with Gasteiger partial charge < -0.3 is 15.7 Å². The van der Waals surface area contributed by atoms with E-state index in [-0.39, 0.29) is 18.0 Å². The predicted octanol–water partition coefficient (Wildman–Crippen LogP) is 2.46. The molecular weight excluding hydrogens is 276 g/mol. The highest BCUT2D eigenvalue weighted by Gasteiger charge is 2.29. The zero-order valence-electron chi connectivity index (χ0n) is 12.5. The average molecular weight is 302 g/mol. The fourth-order valence-corrected chi connectivity index (χ4v) is 3.65. The number of carboxylic acids is 1. The van der Waals surface area contributed by atoms with Crippen molar-refractivity contribution in [1.29, 1.82) is 0 Å². The third-order valence-corrected chi connectivity index (χ3v) is 5.12. The summed E-state index contributed by atoms with van der Waals surface area (Å²) >= 11 is 1.93. The number of carboxylic acid groups (broad SMARTS) is 1.